The van der Waals surface area contributed by atoms with Crippen LogP contribution in [0, 0.1) is 0 Å². The highest BCUT2D eigenvalue weighted by Crippen LogP contribution is 2.31. The molecule has 0 unspecified atom stereocenters. The minimum Gasteiger partial charge on any atom is -0.497 e. The number of hydrogen-bond donors (Lipinski definition) is 2. The van der Waals surface area contributed by atoms with Crippen LogP contribution in [-0.4, -0.2) is 32.2 Å². The zero-order valence-corrected chi connectivity index (χ0v) is 15.9. The maximum Gasteiger partial charge on any atom is 0.257 e. The molecule has 7 nitrogen and oxygen atoms in total. The molecule has 144 valence electrons. The van der Waals surface area contributed by atoms with Crippen LogP contribution in [0.5, 0.6) is 17.2 Å². The summed E-state index contributed by atoms with van der Waals surface area (Å²) in [5.74, 6) is 2.32. The predicted octanol–water partition coefficient (Wildman–Crippen LogP) is 4.10. The third kappa shape index (κ3) is 4.50. The summed E-state index contributed by atoms with van der Waals surface area (Å²) in [7, 11) is 4.76. The van der Waals surface area contributed by atoms with E-state index >= 15 is 0 Å². The van der Waals surface area contributed by atoms with Crippen molar-refractivity contribution in [2.24, 2.45) is 0 Å². The highest BCUT2D eigenvalue weighted by atomic mass is 16.5. The fraction of sp³-hybridized carbons (Fsp3) is 0.143. The van der Waals surface area contributed by atoms with Gasteiger partial charge in [-0.25, -0.2) is 4.98 Å². The molecule has 0 radical (unpaired) electrons. The van der Waals surface area contributed by atoms with Gasteiger partial charge in [0, 0.05) is 24.0 Å². The van der Waals surface area contributed by atoms with Gasteiger partial charge in [-0.05, 0) is 36.4 Å². The van der Waals surface area contributed by atoms with Crippen molar-refractivity contribution in [3.63, 3.8) is 0 Å². The fourth-order valence-corrected chi connectivity index (χ4v) is 2.55. The number of anilines is 3. The van der Waals surface area contributed by atoms with Crippen molar-refractivity contribution < 1.29 is 19.0 Å². The largest absolute Gasteiger partial charge is 0.497 e. The van der Waals surface area contributed by atoms with E-state index in [-0.39, 0.29) is 5.91 Å². The predicted molar refractivity (Wildman–Crippen MR) is 108 cm³/mol. The van der Waals surface area contributed by atoms with E-state index in [2.05, 4.69) is 15.6 Å². The fourth-order valence-electron chi connectivity index (χ4n) is 2.55. The minimum atomic E-state index is -0.255. The molecule has 28 heavy (non-hydrogen) atoms. The molecule has 1 aromatic heterocycles. The lowest BCUT2D eigenvalue weighted by atomic mass is 10.2. The Bertz CT molecular complexity index is 958. The minimum absolute atomic E-state index is 0.255. The van der Waals surface area contributed by atoms with Crippen LogP contribution in [0.1, 0.15) is 10.4 Å². The Labute approximate surface area is 163 Å². The lowest BCUT2D eigenvalue weighted by Crippen LogP contribution is -2.12. The molecule has 1 amide bonds. The molecular weight excluding hydrogens is 358 g/mol. The Morgan fingerprint density at radius 3 is 2.36 bits per heavy atom. The number of pyridine rings is 1. The van der Waals surface area contributed by atoms with Gasteiger partial charge in [0.15, 0.2) is 0 Å². The average Bonchev–Trinajstić information content (AvgIpc) is 2.74. The highest BCUT2D eigenvalue weighted by molar-refractivity contribution is 6.04. The summed E-state index contributed by atoms with van der Waals surface area (Å²) in [5.41, 5.74) is 1.83. The maximum absolute atomic E-state index is 12.4. The van der Waals surface area contributed by atoms with E-state index in [4.69, 9.17) is 14.2 Å². The summed E-state index contributed by atoms with van der Waals surface area (Å²) >= 11 is 0. The van der Waals surface area contributed by atoms with E-state index in [1.165, 1.54) is 6.20 Å². The van der Waals surface area contributed by atoms with E-state index in [1.807, 2.05) is 24.3 Å². The Kier molecular flexibility index (Phi) is 5.96. The molecule has 0 aliphatic rings. The first-order chi connectivity index (χ1) is 13.6. The van der Waals surface area contributed by atoms with Crippen LogP contribution in [-0.2, 0) is 0 Å². The first-order valence-electron chi connectivity index (χ1n) is 8.53. The van der Waals surface area contributed by atoms with E-state index in [0.29, 0.717) is 34.3 Å². The van der Waals surface area contributed by atoms with Gasteiger partial charge in [0.2, 0.25) is 0 Å². The van der Waals surface area contributed by atoms with Crippen LogP contribution < -0.4 is 24.8 Å². The highest BCUT2D eigenvalue weighted by Gasteiger charge is 2.09. The van der Waals surface area contributed by atoms with Gasteiger partial charge in [-0.15, -0.1) is 0 Å². The number of amides is 1. The van der Waals surface area contributed by atoms with E-state index in [9.17, 15) is 4.79 Å². The van der Waals surface area contributed by atoms with Gasteiger partial charge in [0.05, 0.1) is 32.6 Å². The monoisotopic (exact) mass is 379 g/mol. The molecule has 7 heteroatoms. The van der Waals surface area contributed by atoms with Crippen LogP contribution in [0.15, 0.2) is 60.8 Å². The molecule has 0 bridgehead atoms. The number of benzene rings is 2. The van der Waals surface area contributed by atoms with E-state index in [1.54, 1.807) is 51.7 Å². The van der Waals surface area contributed by atoms with Gasteiger partial charge in [0.1, 0.15) is 23.1 Å². The second-order valence-corrected chi connectivity index (χ2v) is 5.81. The van der Waals surface area contributed by atoms with E-state index in [0.717, 1.165) is 5.69 Å². The number of nitrogens with one attached hydrogen (secondary N) is 2. The normalized spacial score (nSPS) is 10.1. The topological polar surface area (TPSA) is 81.7 Å². The van der Waals surface area contributed by atoms with Crippen molar-refractivity contribution in [2.45, 2.75) is 0 Å². The summed E-state index contributed by atoms with van der Waals surface area (Å²) in [6, 6.07) is 16.0. The first kappa shape index (κ1) is 19.0. The molecule has 0 saturated carbocycles. The van der Waals surface area contributed by atoms with Crippen molar-refractivity contribution >= 4 is 23.1 Å². The zero-order valence-electron chi connectivity index (χ0n) is 15.9. The number of aromatic nitrogens is 1. The Morgan fingerprint density at radius 2 is 1.68 bits per heavy atom. The summed E-state index contributed by atoms with van der Waals surface area (Å²) < 4.78 is 15.7. The molecule has 1 heterocycles. The Balaban J connectivity index is 1.70. The number of rotatable bonds is 7. The molecular formula is C21H21N3O4. The number of nitrogens with zero attached hydrogens (tertiary/aromatic N) is 1. The Morgan fingerprint density at radius 1 is 0.893 bits per heavy atom. The average molecular weight is 379 g/mol. The number of carbonyl (C=O) groups excluding carboxylic acids is 1. The van der Waals surface area contributed by atoms with Crippen LogP contribution in [0.25, 0.3) is 0 Å². The number of hydrogen-bond acceptors (Lipinski definition) is 6. The van der Waals surface area contributed by atoms with Crippen molar-refractivity contribution in [3.05, 3.63) is 66.4 Å². The maximum atomic E-state index is 12.4. The second-order valence-electron chi connectivity index (χ2n) is 5.81. The van der Waals surface area contributed by atoms with E-state index < -0.39 is 0 Å². The molecule has 3 rings (SSSR count). The molecule has 0 aliphatic heterocycles. The SMILES string of the molecule is COc1cccc(NC(=O)c2ccc(Nc3ccc(OC)cc3OC)nc2)c1. The van der Waals surface area contributed by atoms with Gasteiger partial charge in [-0.2, -0.15) is 0 Å². The number of ether oxygens (including phenoxy) is 3. The molecule has 3 aromatic rings. The molecule has 2 aromatic carbocycles. The van der Waals surface area contributed by atoms with Crippen molar-refractivity contribution in [1.29, 1.82) is 0 Å². The van der Waals surface area contributed by atoms with Crippen molar-refractivity contribution in [1.82, 2.24) is 4.98 Å². The second kappa shape index (κ2) is 8.77. The number of methoxy groups -OCH3 is 3. The lowest BCUT2D eigenvalue weighted by Gasteiger charge is -2.12. The third-order valence-corrected chi connectivity index (χ3v) is 4.02. The third-order valence-electron chi connectivity index (χ3n) is 4.02. The quantitative estimate of drug-likeness (QED) is 0.643. The smallest absolute Gasteiger partial charge is 0.257 e. The Hall–Kier alpha value is -3.74. The molecule has 0 atom stereocenters. The van der Waals surface area contributed by atoms with Gasteiger partial charge < -0.3 is 24.8 Å². The van der Waals surface area contributed by atoms with Gasteiger partial charge in [-0.1, -0.05) is 6.07 Å². The molecule has 0 aliphatic carbocycles. The molecule has 0 fully saturated rings. The van der Waals surface area contributed by atoms with Crippen LogP contribution >= 0.6 is 0 Å². The molecule has 2 N–H and O–H groups in total. The standard InChI is InChI=1S/C21H21N3O4/c1-26-16-6-4-5-15(11-16)23-21(25)14-7-10-20(22-13-14)24-18-9-8-17(27-2)12-19(18)28-3/h4-13H,1-3H3,(H,22,24)(H,23,25). The summed E-state index contributed by atoms with van der Waals surface area (Å²) in [5, 5.41) is 5.99. The molecule has 0 saturated heterocycles. The summed E-state index contributed by atoms with van der Waals surface area (Å²) in [4.78, 5) is 16.7. The lowest BCUT2D eigenvalue weighted by molar-refractivity contribution is 0.102. The summed E-state index contributed by atoms with van der Waals surface area (Å²) in [6.07, 6.45) is 1.51. The summed E-state index contributed by atoms with van der Waals surface area (Å²) in [6.45, 7) is 0. The van der Waals surface area contributed by atoms with Crippen LogP contribution in [0.4, 0.5) is 17.2 Å². The van der Waals surface area contributed by atoms with Gasteiger partial charge in [0.25, 0.3) is 5.91 Å². The van der Waals surface area contributed by atoms with Crippen molar-refractivity contribution in [2.75, 3.05) is 32.0 Å². The first-order valence-corrected chi connectivity index (χ1v) is 8.53. The molecule has 0 spiro atoms. The van der Waals surface area contributed by atoms with Crippen molar-refractivity contribution in [3.8, 4) is 17.2 Å². The van der Waals surface area contributed by atoms with Gasteiger partial charge >= 0.3 is 0 Å². The zero-order chi connectivity index (χ0) is 19.9. The van der Waals surface area contributed by atoms with Crippen LogP contribution in [0.3, 0.4) is 0 Å². The number of carbonyl (C=O) groups is 1. The van der Waals surface area contributed by atoms with Crippen LogP contribution in [0.2, 0.25) is 0 Å². The van der Waals surface area contributed by atoms with Gasteiger partial charge in [-0.3, -0.25) is 4.79 Å².